The van der Waals surface area contributed by atoms with Crippen LogP contribution in [-0.4, -0.2) is 22.3 Å². The topological polar surface area (TPSA) is 117 Å². The molecule has 0 aliphatic carbocycles. The van der Waals surface area contributed by atoms with E-state index in [2.05, 4.69) is 15.8 Å². The molecule has 3 N–H and O–H groups in total. The van der Waals surface area contributed by atoms with Crippen molar-refractivity contribution >= 4 is 18.0 Å². The molecule has 1 heterocycles. The summed E-state index contributed by atoms with van der Waals surface area (Å²) in [4.78, 5) is 25.4. The van der Waals surface area contributed by atoms with Crippen LogP contribution in [0.15, 0.2) is 23.2 Å². The van der Waals surface area contributed by atoms with E-state index in [1.165, 1.54) is 12.4 Å². The highest BCUT2D eigenvalue weighted by molar-refractivity contribution is 5.71. The van der Waals surface area contributed by atoms with Crippen molar-refractivity contribution in [1.29, 1.82) is 0 Å². The first kappa shape index (κ1) is 13.0. The molecule has 100 valence electrons. The molecule has 19 heavy (non-hydrogen) atoms. The molecular weight excluding hydrogens is 252 g/mol. The van der Waals surface area contributed by atoms with E-state index < -0.39 is 16.6 Å². The summed E-state index contributed by atoms with van der Waals surface area (Å²) in [5.74, 6) is -1.06. The van der Waals surface area contributed by atoms with Crippen molar-refractivity contribution < 1.29 is 14.8 Å². The molecule has 1 aromatic carbocycles. The van der Waals surface area contributed by atoms with E-state index in [0.29, 0.717) is 11.1 Å². The Balaban J connectivity index is 2.49. The number of nitro benzene ring substituents is 1. The van der Waals surface area contributed by atoms with Crippen molar-refractivity contribution in [3.8, 4) is 0 Å². The molecule has 0 aromatic heterocycles. The largest absolute Gasteiger partial charge is 0.481 e. The third-order valence-corrected chi connectivity index (χ3v) is 2.92. The second-order valence-electron chi connectivity index (χ2n) is 4.22. The van der Waals surface area contributed by atoms with E-state index in [9.17, 15) is 14.9 Å². The van der Waals surface area contributed by atoms with Gasteiger partial charge in [-0.3, -0.25) is 14.9 Å². The van der Waals surface area contributed by atoms with Gasteiger partial charge in [-0.05, 0) is 6.92 Å². The average molecular weight is 264 g/mol. The van der Waals surface area contributed by atoms with E-state index in [-0.39, 0.29) is 12.1 Å². The van der Waals surface area contributed by atoms with Crippen LogP contribution in [-0.2, 0) is 10.5 Å². The highest BCUT2D eigenvalue weighted by Crippen LogP contribution is 2.31. The van der Waals surface area contributed by atoms with Crippen LogP contribution in [0.25, 0.3) is 0 Å². The van der Waals surface area contributed by atoms with Gasteiger partial charge in [0.15, 0.2) is 5.66 Å². The molecule has 1 aromatic rings. The van der Waals surface area contributed by atoms with E-state index in [4.69, 9.17) is 5.11 Å². The number of nitrogens with zero attached hydrogens (tertiary/aromatic N) is 2. The van der Waals surface area contributed by atoms with Gasteiger partial charge in [0, 0.05) is 17.2 Å². The van der Waals surface area contributed by atoms with Gasteiger partial charge in [-0.2, -0.15) is 0 Å². The Morgan fingerprint density at radius 2 is 2.32 bits per heavy atom. The number of aliphatic imine (C=N–C) groups is 1. The number of carboxylic acid groups (broad SMARTS) is 1. The molecular formula is C11H12N4O4. The van der Waals surface area contributed by atoms with Crippen LogP contribution in [0.2, 0.25) is 0 Å². The zero-order chi connectivity index (χ0) is 14.0. The van der Waals surface area contributed by atoms with Crippen LogP contribution in [0.5, 0.6) is 0 Å². The molecule has 2 rings (SSSR count). The van der Waals surface area contributed by atoms with Crippen LogP contribution < -0.4 is 10.9 Å². The average Bonchev–Trinajstić information content (AvgIpc) is 2.77. The van der Waals surface area contributed by atoms with Crippen LogP contribution in [0, 0.1) is 17.0 Å². The molecule has 1 aliphatic rings. The van der Waals surface area contributed by atoms with Crippen molar-refractivity contribution in [3.05, 3.63) is 39.4 Å². The molecule has 0 bridgehead atoms. The summed E-state index contributed by atoms with van der Waals surface area (Å²) in [6.45, 7) is 1.62. The van der Waals surface area contributed by atoms with Gasteiger partial charge in [-0.1, -0.05) is 12.1 Å². The first-order valence-electron chi connectivity index (χ1n) is 5.48. The maximum atomic E-state index is 10.9. The van der Waals surface area contributed by atoms with Crippen LogP contribution in [0.3, 0.4) is 0 Å². The fourth-order valence-corrected chi connectivity index (χ4v) is 1.95. The lowest BCUT2D eigenvalue weighted by Crippen LogP contribution is -2.43. The third-order valence-electron chi connectivity index (χ3n) is 2.92. The van der Waals surface area contributed by atoms with Gasteiger partial charge in [-0.25, -0.2) is 10.4 Å². The van der Waals surface area contributed by atoms with Crippen LogP contribution >= 0.6 is 0 Å². The summed E-state index contributed by atoms with van der Waals surface area (Å²) in [6, 6.07) is 4.55. The minimum Gasteiger partial charge on any atom is -0.481 e. The molecule has 8 nitrogen and oxygen atoms in total. The van der Waals surface area contributed by atoms with Gasteiger partial charge >= 0.3 is 5.97 Å². The lowest BCUT2D eigenvalue weighted by atomic mass is 9.95. The second kappa shape index (κ2) is 4.65. The number of nitro groups is 1. The number of benzene rings is 1. The molecule has 0 saturated heterocycles. The quantitative estimate of drug-likeness (QED) is 0.543. The van der Waals surface area contributed by atoms with E-state index in [0.717, 1.165) is 0 Å². The molecule has 0 saturated carbocycles. The lowest BCUT2D eigenvalue weighted by molar-refractivity contribution is -0.385. The van der Waals surface area contributed by atoms with Crippen molar-refractivity contribution in [2.45, 2.75) is 19.0 Å². The Bertz CT molecular complexity index is 572. The molecule has 1 aliphatic heterocycles. The molecule has 0 fully saturated rings. The van der Waals surface area contributed by atoms with Crippen molar-refractivity contribution in [2.75, 3.05) is 0 Å². The minimum atomic E-state index is -1.22. The predicted molar refractivity (Wildman–Crippen MR) is 66.5 cm³/mol. The number of nitrogens with one attached hydrogen (secondary N) is 2. The zero-order valence-electron chi connectivity index (χ0n) is 10.1. The molecule has 0 radical (unpaired) electrons. The van der Waals surface area contributed by atoms with Crippen LogP contribution in [0.1, 0.15) is 17.5 Å². The van der Waals surface area contributed by atoms with Crippen molar-refractivity contribution in [2.24, 2.45) is 4.99 Å². The summed E-state index contributed by atoms with van der Waals surface area (Å²) in [7, 11) is 0. The molecule has 8 heteroatoms. The van der Waals surface area contributed by atoms with E-state index >= 15 is 0 Å². The highest BCUT2D eigenvalue weighted by Gasteiger charge is 2.37. The monoisotopic (exact) mass is 264 g/mol. The smallest absolute Gasteiger partial charge is 0.307 e. The van der Waals surface area contributed by atoms with Crippen molar-refractivity contribution in [1.82, 2.24) is 10.9 Å². The lowest BCUT2D eigenvalue weighted by Gasteiger charge is -2.24. The fraction of sp³-hybridized carbons (Fsp3) is 0.273. The number of hydrazine groups is 1. The Morgan fingerprint density at radius 3 is 2.84 bits per heavy atom. The Labute approximate surface area is 108 Å². The fourth-order valence-electron chi connectivity index (χ4n) is 1.95. The Morgan fingerprint density at radius 1 is 1.58 bits per heavy atom. The minimum absolute atomic E-state index is 0.0637. The number of aliphatic carboxylic acids is 1. The standard InChI is InChI=1S/C11H12N4O4/c1-7-2-3-8(4-9(7)15(18)19)11(5-10(16)17)12-6-13-14-11/h2-4,6,14H,5H2,1H3,(H,12,13)(H,16,17). The summed E-state index contributed by atoms with van der Waals surface area (Å²) < 4.78 is 0. The number of carboxylic acids is 1. The number of hydrogen-bond donors (Lipinski definition) is 3. The van der Waals surface area contributed by atoms with Crippen LogP contribution in [0.4, 0.5) is 5.69 Å². The van der Waals surface area contributed by atoms with E-state index in [1.807, 2.05) is 0 Å². The molecule has 1 unspecified atom stereocenters. The third kappa shape index (κ3) is 2.38. The van der Waals surface area contributed by atoms with Gasteiger partial charge < -0.3 is 10.5 Å². The summed E-state index contributed by atoms with van der Waals surface area (Å²) in [5.41, 5.74) is 4.98. The van der Waals surface area contributed by atoms with Gasteiger partial charge in [0.1, 0.15) is 0 Å². The summed E-state index contributed by atoms with van der Waals surface area (Å²) in [6.07, 6.45) is 1.01. The summed E-state index contributed by atoms with van der Waals surface area (Å²) >= 11 is 0. The van der Waals surface area contributed by atoms with E-state index in [1.54, 1.807) is 19.1 Å². The number of rotatable bonds is 4. The molecule has 0 spiro atoms. The number of hydrogen-bond acceptors (Lipinski definition) is 6. The van der Waals surface area contributed by atoms with Gasteiger partial charge in [-0.15, -0.1) is 0 Å². The maximum Gasteiger partial charge on any atom is 0.307 e. The zero-order valence-corrected chi connectivity index (χ0v) is 10.1. The van der Waals surface area contributed by atoms with Crippen molar-refractivity contribution in [3.63, 3.8) is 0 Å². The Kier molecular flexibility index (Phi) is 3.17. The first-order chi connectivity index (χ1) is 8.94. The number of aryl methyl sites for hydroxylation is 1. The predicted octanol–water partition coefficient (Wildman–Crippen LogP) is 0.667. The number of carbonyl (C=O) groups is 1. The first-order valence-corrected chi connectivity index (χ1v) is 5.48. The second-order valence-corrected chi connectivity index (χ2v) is 4.22. The normalized spacial score (nSPS) is 21.1. The highest BCUT2D eigenvalue weighted by atomic mass is 16.6. The SMILES string of the molecule is Cc1ccc(C2(CC(=O)O)N=CNN2)cc1[N+](=O)[O-]. The van der Waals surface area contributed by atoms with Gasteiger partial charge in [0.2, 0.25) is 0 Å². The summed E-state index contributed by atoms with van der Waals surface area (Å²) in [5, 5.41) is 19.9. The maximum absolute atomic E-state index is 10.9. The van der Waals surface area contributed by atoms with Gasteiger partial charge in [0.05, 0.1) is 17.7 Å². The van der Waals surface area contributed by atoms with Gasteiger partial charge in [0.25, 0.3) is 5.69 Å². The molecule has 0 amide bonds. The Hall–Kier alpha value is -2.48. The molecule has 1 atom stereocenters.